The lowest BCUT2D eigenvalue weighted by Gasteiger charge is -2.39. The average molecular weight is 682 g/mol. The molecule has 262 valence electrons. The maximum atomic E-state index is 14.2. The predicted molar refractivity (Wildman–Crippen MR) is 158 cm³/mol. The average Bonchev–Trinajstić information content (AvgIpc) is 3.40. The van der Waals surface area contributed by atoms with Crippen LogP contribution in [-0.4, -0.2) is 82.5 Å². The molecule has 7 nitrogen and oxygen atoms in total. The second kappa shape index (κ2) is 14.1. The van der Waals surface area contributed by atoms with Crippen molar-refractivity contribution in [3.63, 3.8) is 0 Å². The number of aromatic nitrogens is 4. The lowest BCUT2D eigenvalue weighted by atomic mass is 9.79. The fourth-order valence-electron chi connectivity index (χ4n) is 6.50. The van der Waals surface area contributed by atoms with Gasteiger partial charge in [0.05, 0.1) is 24.1 Å². The number of benzene rings is 1. The Morgan fingerprint density at radius 3 is 1.98 bits per heavy atom. The van der Waals surface area contributed by atoms with Crippen LogP contribution in [0.1, 0.15) is 49.8 Å². The standard InChI is InChI=1S/C31H40F9N7/c1-6-27(45(4)16-20-7-9-44(3)10-8-20)25-11-19(2)26(31(38,39)40)14-22(25)18-47(28-41-43-46(5)42-28)17-21-12-23(29(32,33)34)15-24(13-21)30(35,36)37/h11-15,19-20,26-27H,6-10,16-18H2,1-5H3. The minimum atomic E-state index is -5.07. The lowest BCUT2D eigenvalue weighted by Crippen LogP contribution is -2.42. The SMILES string of the molecule is CCC(C1=CC(C)C(C(F)(F)F)C=C1CN(Cc1cc(C(F)(F)F)cc(C(F)(F)F)c1)c1nnn(C)n1)N(C)CC1CCN(C)CC1. The highest BCUT2D eigenvalue weighted by Gasteiger charge is 2.44. The predicted octanol–water partition coefficient (Wildman–Crippen LogP) is 6.99. The summed E-state index contributed by atoms with van der Waals surface area (Å²) in [5.74, 6) is -2.51. The van der Waals surface area contributed by atoms with Crippen molar-refractivity contribution in [1.82, 2.24) is 30.0 Å². The van der Waals surface area contributed by atoms with Crippen LogP contribution < -0.4 is 4.90 Å². The molecule has 1 saturated heterocycles. The van der Waals surface area contributed by atoms with E-state index in [1.165, 1.54) is 18.9 Å². The Kier molecular flexibility index (Phi) is 11.0. The van der Waals surface area contributed by atoms with E-state index in [1.807, 2.05) is 14.0 Å². The van der Waals surface area contributed by atoms with Crippen molar-refractivity contribution in [2.24, 2.45) is 24.8 Å². The van der Waals surface area contributed by atoms with Crippen LogP contribution in [0.25, 0.3) is 0 Å². The zero-order valence-electron chi connectivity index (χ0n) is 26.9. The number of anilines is 1. The number of likely N-dealkylation sites (N-methyl/N-ethyl adjacent to an activating group) is 1. The van der Waals surface area contributed by atoms with Gasteiger partial charge in [0.2, 0.25) is 0 Å². The molecule has 2 aromatic rings. The lowest BCUT2D eigenvalue weighted by molar-refractivity contribution is -0.169. The van der Waals surface area contributed by atoms with Gasteiger partial charge < -0.3 is 9.80 Å². The largest absolute Gasteiger partial charge is 0.416 e. The van der Waals surface area contributed by atoms with Crippen LogP contribution in [0.5, 0.6) is 0 Å². The number of halogens is 9. The van der Waals surface area contributed by atoms with Gasteiger partial charge in [-0.1, -0.05) is 31.1 Å². The maximum absolute atomic E-state index is 14.2. The third kappa shape index (κ3) is 9.27. The van der Waals surface area contributed by atoms with Gasteiger partial charge in [0.25, 0.3) is 5.95 Å². The summed E-state index contributed by atoms with van der Waals surface area (Å²) < 4.78 is 125. The quantitative estimate of drug-likeness (QED) is 0.252. The molecular weight excluding hydrogens is 641 g/mol. The molecule has 1 aliphatic heterocycles. The summed E-state index contributed by atoms with van der Waals surface area (Å²) in [6.07, 6.45) is -9.49. The Labute approximate surface area is 268 Å². The number of hydrogen-bond donors (Lipinski definition) is 0. The molecule has 1 fully saturated rings. The molecular formula is C31H40F9N7. The zero-order valence-corrected chi connectivity index (χ0v) is 26.9. The number of piperidine rings is 1. The highest BCUT2D eigenvalue weighted by Crippen LogP contribution is 2.42. The highest BCUT2D eigenvalue weighted by molar-refractivity contribution is 5.46. The number of nitrogens with zero attached hydrogens (tertiary/aromatic N) is 7. The molecule has 0 N–H and O–H groups in total. The van der Waals surface area contributed by atoms with Crippen LogP contribution in [0.15, 0.2) is 41.5 Å². The Bertz CT molecular complexity index is 1390. The Balaban J connectivity index is 1.74. The topological polar surface area (TPSA) is 53.3 Å². The fraction of sp³-hybridized carbons (Fsp3) is 0.645. The molecule has 0 bridgehead atoms. The molecule has 16 heteroatoms. The van der Waals surface area contributed by atoms with E-state index in [4.69, 9.17) is 0 Å². The van der Waals surface area contributed by atoms with E-state index in [2.05, 4.69) is 32.3 Å². The van der Waals surface area contributed by atoms with Crippen LogP contribution in [0.4, 0.5) is 45.5 Å². The van der Waals surface area contributed by atoms with E-state index >= 15 is 0 Å². The van der Waals surface area contributed by atoms with E-state index in [0.717, 1.165) is 36.8 Å². The van der Waals surface area contributed by atoms with Gasteiger partial charge in [0.15, 0.2) is 0 Å². The first kappa shape index (κ1) is 36.7. The second-order valence-electron chi connectivity index (χ2n) is 12.7. The van der Waals surface area contributed by atoms with Crippen molar-refractivity contribution >= 4 is 5.95 Å². The Hall–Kier alpha value is -3.14. The third-order valence-corrected chi connectivity index (χ3v) is 8.96. The van der Waals surface area contributed by atoms with E-state index in [9.17, 15) is 39.5 Å². The summed E-state index contributed by atoms with van der Waals surface area (Å²) in [7, 11) is 5.39. The monoisotopic (exact) mass is 681 g/mol. The van der Waals surface area contributed by atoms with Crippen molar-refractivity contribution in [2.75, 3.05) is 45.2 Å². The molecule has 2 aliphatic rings. The van der Waals surface area contributed by atoms with Crippen molar-refractivity contribution < 1.29 is 39.5 Å². The molecule has 47 heavy (non-hydrogen) atoms. The third-order valence-electron chi connectivity index (χ3n) is 8.96. The van der Waals surface area contributed by atoms with Crippen LogP contribution in [0.3, 0.4) is 0 Å². The molecule has 1 aliphatic carbocycles. The van der Waals surface area contributed by atoms with Gasteiger partial charge in [-0.15, -0.1) is 5.10 Å². The number of hydrogen-bond acceptors (Lipinski definition) is 6. The van der Waals surface area contributed by atoms with E-state index in [0.29, 0.717) is 36.6 Å². The summed E-state index contributed by atoms with van der Waals surface area (Å²) in [4.78, 5) is 6.68. The van der Waals surface area contributed by atoms with Gasteiger partial charge in [-0.25, -0.2) is 0 Å². The fourth-order valence-corrected chi connectivity index (χ4v) is 6.50. The normalized spacial score (nSPS) is 21.2. The van der Waals surface area contributed by atoms with Gasteiger partial charge in [-0.2, -0.15) is 44.3 Å². The van der Waals surface area contributed by atoms with Crippen LogP contribution in [-0.2, 0) is 25.9 Å². The molecule has 2 heterocycles. The molecule has 0 spiro atoms. The van der Waals surface area contributed by atoms with E-state index in [-0.39, 0.29) is 35.7 Å². The molecule has 3 unspecified atom stereocenters. The minimum absolute atomic E-state index is 0.0280. The number of aryl methyl sites for hydroxylation is 1. The van der Waals surface area contributed by atoms with Gasteiger partial charge in [0.1, 0.15) is 0 Å². The number of likely N-dealkylation sites (tertiary alicyclic amines) is 1. The molecule has 3 atom stereocenters. The first-order chi connectivity index (χ1) is 21.8. The number of allylic oxidation sites excluding steroid dienone is 2. The summed E-state index contributed by atoms with van der Waals surface area (Å²) in [6.45, 7) is 5.15. The first-order valence-electron chi connectivity index (χ1n) is 15.4. The molecule has 0 amide bonds. The molecule has 0 saturated carbocycles. The molecule has 1 aromatic carbocycles. The van der Waals surface area contributed by atoms with Crippen molar-refractivity contribution in [3.05, 3.63) is 58.2 Å². The highest BCUT2D eigenvalue weighted by atomic mass is 19.4. The summed E-state index contributed by atoms with van der Waals surface area (Å²) >= 11 is 0. The maximum Gasteiger partial charge on any atom is 0.416 e. The molecule has 1 aromatic heterocycles. The van der Waals surface area contributed by atoms with Crippen LogP contribution in [0, 0.1) is 17.8 Å². The zero-order chi connectivity index (χ0) is 34.9. The number of rotatable bonds is 10. The van der Waals surface area contributed by atoms with Gasteiger partial charge in [-0.3, -0.25) is 4.90 Å². The first-order valence-corrected chi connectivity index (χ1v) is 15.4. The van der Waals surface area contributed by atoms with Crippen molar-refractivity contribution in [1.29, 1.82) is 0 Å². The van der Waals surface area contributed by atoms with E-state index in [1.54, 1.807) is 6.08 Å². The van der Waals surface area contributed by atoms with Crippen molar-refractivity contribution in [3.8, 4) is 0 Å². The number of alkyl halides is 9. The van der Waals surface area contributed by atoms with Gasteiger partial charge >= 0.3 is 18.5 Å². The summed E-state index contributed by atoms with van der Waals surface area (Å²) in [6, 6.07) is 0.921. The summed E-state index contributed by atoms with van der Waals surface area (Å²) in [5.41, 5.74) is -2.49. The molecule has 0 radical (unpaired) electrons. The van der Waals surface area contributed by atoms with Gasteiger partial charge in [-0.05, 0) is 98.4 Å². The smallest absolute Gasteiger partial charge is 0.330 e. The summed E-state index contributed by atoms with van der Waals surface area (Å²) in [5, 5.41) is 11.8. The Morgan fingerprint density at radius 1 is 0.894 bits per heavy atom. The van der Waals surface area contributed by atoms with Crippen LogP contribution in [0.2, 0.25) is 0 Å². The second-order valence-corrected chi connectivity index (χ2v) is 12.7. The Morgan fingerprint density at radius 2 is 1.49 bits per heavy atom. The van der Waals surface area contributed by atoms with Gasteiger partial charge in [0, 0.05) is 25.7 Å². The van der Waals surface area contributed by atoms with E-state index < -0.39 is 48.0 Å². The number of tetrazole rings is 1. The van der Waals surface area contributed by atoms with Crippen LogP contribution >= 0.6 is 0 Å². The van der Waals surface area contributed by atoms with Crippen molar-refractivity contribution in [2.45, 2.75) is 64.2 Å². The molecule has 4 rings (SSSR count). The minimum Gasteiger partial charge on any atom is -0.330 e.